The average molecular weight is 1070 g/mol. The van der Waals surface area contributed by atoms with Gasteiger partial charge in [-0.2, -0.15) is 0 Å². The van der Waals surface area contributed by atoms with Gasteiger partial charge in [-0.05, 0) is 60.5 Å². The number of phosphoric acid groups is 4. The number of ether oxygens (including phenoxy) is 2. The summed E-state index contributed by atoms with van der Waals surface area (Å²) in [6, 6.07) is 0. The molecule has 0 spiro atoms. The van der Waals surface area contributed by atoms with E-state index < -0.39 is 100.0 Å². The summed E-state index contributed by atoms with van der Waals surface area (Å²) in [4.78, 5) is 89.4. The number of esters is 1. The summed E-state index contributed by atoms with van der Waals surface area (Å²) in [5, 5.41) is 33.1. The summed E-state index contributed by atoms with van der Waals surface area (Å²) < 4.78 is 79.8. The van der Waals surface area contributed by atoms with Gasteiger partial charge in [-0.1, -0.05) is 96.8 Å². The molecule has 23 nitrogen and oxygen atoms in total. The molecule has 0 bridgehead atoms. The van der Waals surface area contributed by atoms with Crippen LogP contribution < -0.4 is 0 Å². The minimum Gasteiger partial charge on any atom is -0.457 e. The maximum absolute atomic E-state index is 12.9. The molecule has 0 heterocycles. The Morgan fingerprint density at radius 3 is 1.48 bits per heavy atom. The third-order valence-electron chi connectivity index (χ3n) is 8.73. The van der Waals surface area contributed by atoms with Crippen LogP contribution in [0.15, 0.2) is 0 Å². The molecule has 28 heteroatoms. The smallest absolute Gasteiger partial charge is 0.457 e. The molecule has 10 N–H and O–H groups in total. The van der Waals surface area contributed by atoms with E-state index in [1.54, 1.807) is 6.92 Å². The van der Waals surface area contributed by atoms with Gasteiger partial charge in [0.05, 0.1) is 13.2 Å². The first-order valence-corrected chi connectivity index (χ1v) is 28.0. The van der Waals surface area contributed by atoms with Crippen LogP contribution in [0.25, 0.3) is 0 Å². The highest BCUT2D eigenvalue weighted by Gasteiger charge is 2.59. The van der Waals surface area contributed by atoms with Crippen LogP contribution in [0.5, 0.6) is 0 Å². The van der Waals surface area contributed by atoms with Crippen LogP contribution in [0.1, 0.15) is 133 Å². The molecule has 1 aliphatic rings. The second-order valence-electron chi connectivity index (χ2n) is 14.4. The molecule has 1 rings (SSSR count). The van der Waals surface area contributed by atoms with Crippen LogP contribution in [0, 0.1) is 46.7 Å². The number of carbonyl (C=O) groups is 2. The van der Waals surface area contributed by atoms with Gasteiger partial charge in [-0.3, -0.25) is 32.2 Å². The van der Waals surface area contributed by atoms with Crippen LogP contribution in [0.2, 0.25) is 0 Å². The first-order valence-electron chi connectivity index (χ1n) is 21.1. The third-order valence-corrected chi connectivity index (χ3v) is 11.9. The highest BCUT2D eigenvalue weighted by atomic mass is 32.2. The molecule has 67 heavy (non-hydrogen) atoms. The highest BCUT2D eigenvalue weighted by molar-refractivity contribution is 8.17. The van der Waals surface area contributed by atoms with Crippen molar-refractivity contribution in [2.24, 2.45) is 0 Å². The van der Waals surface area contributed by atoms with Gasteiger partial charge in [0.2, 0.25) is 5.12 Å². The number of rotatable bonds is 31. The van der Waals surface area contributed by atoms with Crippen LogP contribution >= 0.6 is 43.1 Å². The normalized spacial score (nSPS) is 20.6. The predicted octanol–water partition coefficient (Wildman–Crippen LogP) is 5.78. The largest absolute Gasteiger partial charge is 0.472 e. The fourth-order valence-corrected chi connectivity index (χ4v) is 9.04. The summed E-state index contributed by atoms with van der Waals surface area (Å²) in [7, 11) is -22.8. The number of unbranched alkanes of at least 4 members (excludes halogenated alkanes) is 12. The van der Waals surface area contributed by atoms with Crippen molar-refractivity contribution in [3.63, 3.8) is 0 Å². The Labute approximate surface area is 405 Å². The Morgan fingerprint density at radius 2 is 1.03 bits per heavy atom. The topological polar surface area (TPSA) is 369 Å². The van der Waals surface area contributed by atoms with E-state index in [1.807, 2.05) is 6.92 Å². The van der Waals surface area contributed by atoms with Crippen molar-refractivity contribution in [3.05, 3.63) is 0 Å². The van der Waals surface area contributed by atoms with E-state index in [0.29, 0.717) is 12.8 Å². The van der Waals surface area contributed by atoms with Crippen LogP contribution in [-0.4, -0.2) is 123 Å². The first kappa shape index (κ1) is 65.0. The molecule has 1 aliphatic carbocycles. The van der Waals surface area contributed by atoms with Gasteiger partial charge in [0, 0.05) is 34.6 Å². The minimum absolute atomic E-state index is 0. The minimum atomic E-state index is -5.75. The maximum Gasteiger partial charge on any atom is 0.472 e. The number of aliphatic hydroxyl groups excluding tert-OH is 3. The molecular formula is C39H78O23P4S. The zero-order valence-electron chi connectivity index (χ0n) is 37.5. The predicted molar refractivity (Wildman–Crippen MR) is 256 cm³/mol. The van der Waals surface area contributed by atoms with Crippen molar-refractivity contribution in [1.29, 1.82) is 0 Å². The second kappa shape index (κ2) is 36.0. The Bertz CT molecular complexity index is 1900. The Balaban J connectivity index is -0.000000286. The molecule has 1 fully saturated rings. The molecular weight excluding hydrogens is 992 g/mol. The van der Waals surface area contributed by atoms with Gasteiger partial charge in [0.15, 0.2) is 0 Å². The maximum atomic E-state index is 12.9. The molecule has 0 aromatic carbocycles. The number of phosphoric ester groups is 4. The van der Waals surface area contributed by atoms with E-state index in [1.165, 1.54) is 44.9 Å². The molecule has 0 saturated heterocycles. The zero-order valence-corrected chi connectivity index (χ0v) is 41.8. The SMILES string of the molecule is CC#CC#CC#CC#CSC(=O)CCC.CCCCCCCCCCCCCCCC(=O)O[C@H](COCO)COP(=O)(O)OC1C(O)[C@H](OP(=O)(O)O)C(OP(=O)(O)O)C(OP(=O)(O)O)[C@@H]1O.[HH].[HH].[HH].[HH].[HH].[HH].[HH]. The van der Waals surface area contributed by atoms with Crippen LogP contribution in [0.3, 0.4) is 0 Å². The van der Waals surface area contributed by atoms with E-state index >= 15 is 0 Å². The molecule has 0 aliphatic heterocycles. The molecule has 0 aromatic rings. The number of hydrogen-bond acceptors (Lipinski definition) is 17. The van der Waals surface area contributed by atoms with Crippen LogP contribution in [0.4, 0.5) is 0 Å². The quantitative estimate of drug-likeness (QED) is 0.0129. The van der Waals surface area contributed by atoms with Gasteiger partial charge in [0.1, 0.15) is 49.5 Å². The van der Waals surface area contributed by atoms with Crippen molar-refractivity contribution < 1.29 is 120 Å². The number of carbonyl (C=O) groups excluding carboxylic acids is 2. The molecule has 398 valence electrons. The summed E-state index contributed by atoms with van der Waals surface area (Å²) in [6.07, 6.45) is -2.27. The fourth-order valence-electron chi connectivity index (χ4n) is 5.86. The van der Waals surface area contributed by atoms with E-state index in [4.69, 9.17) is 23.6 Å². The lowest BCUT2D eigenvalue weighted by Gasteiger charge is -2.45. The van der Waals surface area contributed by atoms with Gasteiger partial charge in [-0.15, -0.1) is 0 Å². The van der Waals surface area contributed by atoms with Crippen molar-refractivity contribution in [3.8, 4) is 46.7 Å². The summed E-state index contributed by atoms with van der Waals surface area (Å²) >= 11 is 0.991. The van der Waals surface area contributed by atoms with E-state index in [-0.39, 0.29) is 21.5 Å². The number of thioether (sulfide) groups is 1. The van der Waals surface area contributed by atoms with Gasteiger partial charge < -0.3 is 59.0 Å². The lowest BCUT2D eigenvalue weighted by atomic mass is 9.85. The number of hydrogen-bond donors (Lipinski definition) is 10. The fraction of sp³-hybridized carbons (Fsp3) is 0.744. The summed E-state index contributed by atoms with van der Waals surface area (Å²) in [5.41, 5.74) is 0. The van der Waals surface area contributed by atoms with Gasteiger partial charge in [0.25, 0.3) is 0 Å². The zero-order chi connectivity index (χ0) is 50.9. The third kappa shape index (κ3) is 34.9. The number of aliphatic hydroxyl groups is 3. The molecule has 8 atom stereocenters. The highest BCUT2D eigenvalue weighted by Crippen LogP contribution is 2.53. The Morgan fingerprint density at radius 1 is 0.582 bits per heavy atom. The molecule has 0 amide bonds. The van der Waals surface area contributed by atoms with E-state index in [9.17, 15) is 72.3 Å². The first-order chi connectivity index (χ1) is 31.4. The molecule has 1 saturated carbocycles. The molecule has 0 aromatic heterocycles. The van der Waals surface area contributed by atoms with Crippen molar-refractivity contribution in [2.75, 3.05) is 20.0 Å². The lowest BCUT2D eigenvalue weighted by Crippen LogP contribution is -2.65. The Hall–Kier alpha value is -1.99. The molecule has 5 unspecified atom stereocenters. The van der Waals surface area contributed by atoms with Gasteiger partial charge in [-0.25, -0.2) is 18.3 Å². The van der Waals surface area contributed by atoms with Crippen molar-refractivity contribution in [2.45, 2.75) is 166 Å². The summed E-state index contributed by atoms with van der Waals surface area (Å²) in [5.74, 6) is 17.0. The van der Waals surface area contributed by atoms with Crippen molar-refractivity contribution >= 4 is 54.1 Å². The van der Waals surface area contributed by atoms with Gasteiger partial charge >= 0.3 is 37.3 Å². The van der Waals surface area contributed by atoms with Crippen LogP contribution in [-0.2, 0) is 59.9 Å². The van der Waals surface area contributed by atoms with Crippen molar-refractivity contribution in [1.82, 2.24) is 0 Å². The standard InChI is InChI=1S/C26H54O22P4.C13H10OS.7H2/c1-2-3-4-5-6-7-8-9-10-11-12-13-14-15-20(28)44-19(16-42-18-27)17-43-52(40,41)48-23-21(29)24(45-49(31,32)33)26(47-51(37,38)39)25(22(23)30)46-50(34,35)36;1-3-5-6-7-8-9-10-12-15-13(14)11-4-2;;;;;;;/h19,21-27,29-30H,2-18H2,1H3,(H,40,41)(H2,31,32,33)(H2,34,35,36)(H2,37,38,39);4,11H2,1-2H3;7*1H/t19-,21-,22?,23?,24?,25+,26?;;;;;;;;/m1......../s1. The molecule has 0 radical (unpaired) electrons. The van der Waals surface area contributed by atoms with E-state index in [0.717, 1.165) is 50.3 Å². The second-order valence-corrected chi connectivity index (χ2v) is 20.3. The summed E-state index contributed by atoms with van der Waals surface area (Å²) in [6.45, 7) is 3.48. The lowest BCUT2D eigenvalue weighted by molar-refractivity contribution is -0.209. The monoisotopic (exact) mass is 1070 g/mol. The average Bonchev–Trinajstić information content (AvgIpc) is 3.22. The Kier molecular flexibility index (Phi) is 34.9. The van der Waals surface area contributed by atoms with E-state index in [2.05, 4.69) is 67.2 Å².